The van der Waals surface area contributed by atoms with Crippen molar-refractivity contribution in [3.05, 3.63) is 12.7 Å². The van der Waals surface area contributed by atoms with Gasteiger partial charge in [-0.2, -0.15) is 0 Å². The molecule has 0 heterocycles. The van der Waals surface area contributed by atoms with Gasteiger partial charge in [-0.25, -0.2) is 4.79 Å². The molecule has 1 amide bonds. The van der Waals surface area contributed by atoms with E-state index in [1.165, 1.54) is 0 Å². The van der Waals surface area contributed by atoms with Gasteiger partial charge in [-0.15, -0.1) is 6.58 Å². The first-order chi connectivity index (χ1) is 8.35. The van der Waals surface area contributed by atoms with Crippen molar-refractivity contribution in [3.63, 3.8) is 0 Å². The van der Waals surface area contributed by atoms with E-state index in [9.17, 15) is 4.79 Å². The van der Waals surface area contributed by atoms with Crippen LogP contribution in [0, 0.1) is 0 Å². The standard InChI is InChI=1S/C14H28N2O2/c1-6-7-9-12(2)15-10-8-11-16-13(17)18-14(3,4)5/h6,12,15H,1,7-11H2,2-5H3,(H,16,17). The molecule has 0 aromatic heterocycles. The molecule has 18 heavy (non-hydrogen) atoms. The van der Waals surface area contributed by atoms with E-state index in [0.29, 0.717) is 12.6 Å². The van der Waals surface area contributed by atoms with Crippen LogP contribution in [-0.4, -0.2) is 30.8 Å². The molecular weight excluding hydrogens is 228 g/mol. The van der Waals surface area contributed by atoms with Crippen LogP contribution in [0.2, 0.25) is 0 Å². The zero-order chi connectivity index (χ0) is 14.0. The van der Waals surface area contributed by atoms with Gasteiger partial charge < -0.3 is 15.4 Å². The van der Waals surface area contributed by atoms with E-state index in [1.807, 2.05) is 26.8 Å². The lowest BCUT2D eigenvalue weighted by Crippen LogP contribution is -2.34. The Bertz CT molecular complexity index is 247. The van der Waals surface area contributed by atoms with Crippen molar-refractivity contribution in [1.82, 2.24) is 10.6 Å². The highest BCUT2D eigenvalue weighted by atomic mass is 16.6. The molecular formula is C14H28N2O2. The molecule has 0 aromatic carbocycles. The van der Waals surface area contributed by atoms with Gasteiger partial charge in [0, 0.05) is 12.6 Å². The summed E-state index contributed by atoms with van der Waals surface area (Å²) < 4.78 is 5.14. The van der Waals surface area contributed by atoms with Crippen LogP contribution in [0.25, 0.3) is 0 Å². The van der Waals surface area contributed by atoms with E-state index in [0.717, 1.165) is 25.8 Å². The molecule has 0 aliphatic rings. The molecule has 0 saturated heterocycles. The number of carbonyl (C=O) groups is 1. The van der Waals surface area contributed by atoms with Crippen LogP contribution in [0.1, 0.15) is 47.0 Å². The zero-order valence-electron chi connectivity index (χ0n) is 12.2. The summed E-state index contributed by atoms with van der Waals surface area (Å²) in [5, 5.41) is 6.14. The van der Waals surface area contributed by atoms with Crippen LogP contribution in [0.15, 0.2) is 12.7 Å². The van der Waals surface area contributed by atoms with Gasteiger partial charge in [-0.3, -0.25) is 0 Å². The third-order valence-corrected chi connectivity index (χ3v) is 2.32. The topological polar surface area (TPSA) is 50.4 Å². The fraction of sp³-hybridized carbons (Fsp3) is 0.786. The highest BCUT2D eigenvalue weighted by Gasteiger charge is 2.15. The molecule has 0 aliphatic carbocycles. The summed E-state index contributed by atoms with van der Waals surface area (Å²) in [4.78, 5) is 11.3. The zero-order valence-corrected chi connectivity index (χ0v) is 12.2. The van der Waals surface area contributed by atoms with E-state index in [1.54, 1.807) is 0 Å². The average Bonchev–Trinajstić information content (AvgIpc) is 2.23. The largest absolute Gasteiger partial charge is 0.444 e. The predicted molar refractivity (Wildman–Crippen MR) is 75.7 cm³/mol. The summed E-state index contributed by atoms with van der Waals surface area (Å²) in [6.45, 7) is 13.0. The highest BCUT2D eigenvalue weighted by Crippen LogP contribution is 2.06. The molecule has 106 valence electrons. The molecule has 4 nitrogen and oxygen atoms in total. The minimum absolute atomic E-state index is 0.345. The average molecular weight is 256 g/mol. The van der Waals surface area contributed by atoms with E-state index in [4.69, 9.17) is 4.74 Å². The van der Waals surface area contributed by atoms with Crippen molar-refractivity contribution in [2.45, 2.75) is 58.6 Å². The fourth-order valence-corrected chi connectivity index (χ4v) is 1.41. The lowest BCUT2D eigenvalue weighted by molar-refractivity contribution is 0.0527. The number of alkyl carbamates (subject to hydrolysis) is 1. The molecule has 4 heteroatoms. The minimum atomic E-state index is -0.429. The first-order valence-corrected chi connectivity index (χ1v) is 6.66. The summed E-state index contributed by atoms with van der Waals surface area (Å²) in [6.07, 6.45) is 4.62. The van der Waals surface area contributed by atoms with E-state index >= 15 is 0 Å². The van der Waals surface area contributed by atoms with Crippen molar-refractivity contribution in [3.8, 4) is 0 Å². The molecule has 0 radical (unpaired) electrons. The van der Waals surface area contributed by atoms with Crippen molar-refractivity contribution >= 4 is 6.09 Å². The molecule has 0 spiro atoms. The van der Waals surface area contributed by atoms with Crippen LogP contribution in [0.3, 0.4) is 0 Å². The summed E-state index contributed by atoms with van der Waals surface area (Å²) in [7, 11) is 0. The Morgan fingerprint density at radius 1 is 1.39 bits per heavy atom. The molecule has 0 aromatic rings. The number of carbonyl (C=O) groups excluding carboxylic acids is 1. The number of allylic oxidation sites excluding steroid dienone is 1. The maximum Gasteiger partial charge on any atom is 0.407 e. The summed E-state index contributed by atoms with van der Waals surface area (Å²) in [5.74, 6) is 0. The Hall–Kier alpha value is -1.03. The molecule has 2 N–H and O–H groups in total. The molecule has 0 fully saturated rings. The monoisotopic (exact) mass is 256 g/mol. The van der Waals surface area contributed by atoms with Crippen LogP contribution >= 0.6 is 0 Å². The maximum absolute atomic E-state index is 11.3. The van der Waals surface area contributed by atoms with Crippen molar-refractivity contribution in [2.24, 2.45) is 0 Å². The van der Waals surface area contributed by atoms with Crippen LogP contribution < -0.4 is 10.6 Å². The quantitative estimate of drug-likeness (QED) is 0.518. The Morgan fingerprint density at radius 2 is 2.06 bits per heavy atom. The van der Waals surface area contributed by atoms with E-state index in [2.05, 4.69) is 24.1 Å². The van der Waals surface area contributed by atoms with Gasteiger partial charge in [0.2, 0.25) is 0 Å². The second kappa shape index (κ2) is 8.97. The Balaban J connectivity index is 3.45. The van der Waals surface area contributed by atoms with Crippen molar-refractivity contribution < 1.29 is 9.53 Å². The number of ether oxygens (including phenoxy) is 1. The number of amides is 1. The predicted octanol–water partition coefficient (Wildman–Crippen LogP) is 2.85. The summed E-state index contributed by atoms with van der Waals surface area (Å²) in [5.41, 5.74) is -0.429. The highest BCUT2D eigenvalue weighted by molar-refractivity contribution is 5.67. The van der Waals surface area contributed by atoms with Gasteiger partial charge in [0.25, 0.3) is 0 Å². The van der Waals surface area contributed by atoms with Gasteiger partial charge in [0.1, 0.15) is 5.60 Å². The lowest BCUT2D eigenvalue weighted by Gasteiger charge is -2.19. The molecule has 0 aliphatic heterocycles. The van der Waals surface area contributed by atoms with Gasteiger partial charge in [-0.05, 0) is 53.5 Å². The van der Waals surface area contributed by atoms with E-state index in [-0.39, 0.29) is 6.09 Å². The molecule has 0 bridgehead atoms. The van der Waals surface area contributed by atoms with E-state index < -0.39 is 5.60 Å². The van der Waals surface area contributed by atoms with Crippen LogP contribution in [0.4, 0.5) is 4.79 Å². The second-order valence-electron chi connectivity index (χ2n) is 5.50. The lowest BCUT2D eigenvalue weighted by atomic mass is 10.2. The van der Waals surface area contributed by atoms with Gasteiger partial charge >= 0.3 is 6.09 Å². The van der Waals surface area contributed by atoms with Crippen molar-refractivity contribution in [2.75, 3.05) is 13.1 Å². The SMILES string of the molecule is C=CCCC(C)NCCCNC(=O)OC(C)(C)C. The maximum atomic E-state index is 11.3. The minimum Gasteiger partial charge on any atom is -0.444 e. The summed E-state index contributed by atoms with van der Waals surface area (Å²) >= 11 is 0. The molecule has 0 rings (SSSR count). The number of nitrogens with one attached hydrogen (secondary N) is 2. The number of rotatable bonds is 8. The first kappa shape index (κ1) is 17.0. The Labute approximate surface area is 111 Å². The van der Waals surface area contributed by atoms with Crippen LogP contribution in [-0.2, 0) is 4.74 Å². The van der Waals surface area contributed by atoms with Gasteiger partial charge in [0.05, 0.1) is 0 Å². The molecule has 1 unspecified atom stereocenters. The second-order valence-corrected chi connectivity index (χ2v) is 5.50. The Morgan fingerprint density at radius 3 is 2.61 bits per heavy atom. The van der Waals surface area contributed by atoms with Crippen LogP contribution in [0.5, 0.6) is 0 Å². The smallest absolute Gasteiger partial charge is 0.407 e. The number of hydrogen-bond donors (Lipinski definition) is 2. The van der Waals surface area contributed by atoms with Gasteiger partial charge in [-0.1, -0.05) is 6.08 Å². The third-order valence-electron chi connectivity index (χ3n) is 2.32. The summed E-state index contributed by atoms with van der Waals surface area (Å²) in [6, 6.07) is 0.490. The normalized spacial score (nSPS) is 12.9. The third kappa shape index (κ3) is 11.5. The first-order valence-electron chi connectivity index (χ1n) is 6.66. The van der Waals surface area contributed by atoms with Gasteiger partial charge in [0.15, 0.2) is 0 Å². The van der Waals surface area contributed by atoms with Crippen molar-refractivity contribution in [1.29, 1.82) is 0 Å². The number of hydrogen-bond acceptors (Lipinski definition) is 3. The fourth-order valence-electron chi connectivity index (χ4n) is 1.41. The molecule has 1 atom stereocenters. The molecule has 0 saturated carbocycles. The Kier molecular flexibility index (Phi) is 8.46.